The SMILES string of the molecule is CN(Cc1cccc(F)c1)C(=O)CCC(=O)N1CCN(S(=O)(=O)c2ccc(Cl)cc2)CC1. The van der Waals surface area contributed by atoms with Crippen LogP contribution in [0.4, 0.5) is 4.39 Å². The van der Waals surface area contributed by atoms with Crippen LogP contribution in [0.25, 0.3) is 0 Å². The molecule has 7 nitrogen and oxygen atoms in total. The summed E-state index contributed by atoms with van der Waals surface area (Å²) in [4.78, 5) is 28.1. The fourth-order valence-electron chi connectivity index (χ4n) is 3.49. The number of benzene rings is 2. The monoisotopic (exact) mass is 481 g/mol. The third kappa shape index (κ3) is 6.05. The Morgan fingerprint density at radius 3 is 2.31 bits per heavy atom. The summed E-state index contributed by atoms with van der Waals surface area (Å²) in [6.07, 6.45) is 0.0736. The molecule has 10 heteroatoms. The Morgan fingerprint density at radius 2 is 1.69 bits per heavy atom. The van der Waals surface area contributed by atoms with Crippen molar-refractivity contribution in [3.05, 3.63) is 64.9 Å². The van der Waals surface area contributed by atoms with E-state index in [1.807, 2.05) is 0 Å². The summed E-state index contributed by atoms with van der Waals surface area (Å²) in [7, 11) is -2.04. The first-order valence-electron chi connectivity index (χ1n) is 10.2. The van der Waals surface area contributed by atoms with E-state index in [0.717, 1.165) is 0 Å². The number of sulfonamides is 1. The molecular weight excluding hydrogens is 457 g/mol. The standard InChI is InChI=1S/C22H25ClFN3O4S/c1-25(16-17-3-2-4-19(24)15-17)21(28)9-10-22(29)26-11-13-27(14-12-26)32(30,31)20-7-5-18(23)6-8-20/h2-8,15H,9-14,16H2,1H3. The van der Waals surface area contributed by atoms with Gasteiger partial charge in [-0.1, -0.05) is 23.7 Å². The molecule has 1 aliphatic heterocycles. The van der Waals surface area contributed by atoms with Crippen LogP contribution in [0.1, 0.15) is 18.4 Å². The van der Waals surface area contributed by atoms with Crippen molar-refractivity contribution >= 4 is 33.4 Å². The lowest BCUT2D eigenvalue weighted by atomic mass is 10.2. The number of carbonyl (C=O) groups excluding carboxylic acids is 2. The normalized spacial score (nSPS) is 14.9. The van der Waals surface area contributed by atoms with Crippen LogP contribution in [0.3, 0.4) is 0 Å². The zero-order valence-corrected chi connectivity index (χ0v) is 19.3. The predicted molar refractivity (Wildman–Crippen MR) is 119 cm³/mol. The summed E-state index contributed by atoms with van der Waals surface area (Å²) >= 11 is 5.82. The van der Waals surface area contributed by atoms with Crippen molar-refractivity contribution in [2.24, 2.45) is 0 Å². The molecule has 0 spiro atoms. The van der Waals surface area contributed by atoms with Gasteiger partial charge in [-0.05, 0) is 42.0 Å². The number of hydrogen-bond donors (Lipinski definition) is 0. The van der Waals surface area contributed by atoms with Crippen molar-refractivity contribution < 1.29 is 22.4 Å². The van der Waals surface area contributed by atoms with E-state index in [1.165, 1.54) is 45.6 Å². The number of nitrogens with zero attached hydrogens (tertiary/aromatic N) is 3. The van der Waals surface area contributed by atoms with Crippen LogP contribution in [0.15, 0.2) is 53.4 Å². The Labute approximate surface area is 192 Å². The van der Waals surface area contributed by atoms with Crippen LogP contribution in [0.2, 0.25) is 5.02 Å². The number of hydrogen-bond acceptors (Lipinski definition) is 4. The van der Waals surface area contributed by atoms with E-state index in [0.29, 0.717) is 10.6 Å². The topological polar surface area (TPSA) is 78.0 Å². The lowest BCUT2D eigenvalue weighted by Crippen LogP contribution is -2.50. The van der Waals surface area contributed by atoms with Crippen LogP contribution in [-0.4, -0.2) is 67.6 Å². The molecule has 0 aliphatic carbocycles. The minimum atomic E-state index is -3.65. The summed E-state index contributed by atoms with van der Waals surface area (Å²) in [6, 6.07) is 12.0. The van der Waals surface area contributed by atoms with Crippen molar-refractivity contribution in [3.63, 3.8) is 0 Å². The molecule has 0 aromatic heterocycles. The highest BCUT2D eigenvalue weighted by atomic mass is 35.5. The quantitative estimate of drug-likeness (QED) is 0.609. The average Bonchev–Trinajstić information content (AvgIpc) is 2.77. The third-order valence-electron chi connectivity index (χ3n) is 5.33. The van der Waals surface area contributed by atoms with E-state index in [4.69, 9.17) is 11.6 Å². The van der Waals surface area contributed by atoms with Crippen molar-refractivity contribution in [1.82, 2.24) is 14.1 Å². The molecule has 2 aromatic rings. The van der Waals surface area contributed by atoms with Gasteiger partial charge in [0.2, 0.25) is 21.8 Å². The molecule has 0 unspecified atom stereocenters. The van der Waals surface area contributed by atoms with Gasteiger partial charge < -0.3 is 9.80 Å². The molecule has 32 heavy (non-hydrogen) atoms. The molecular formula is C22H25ClFN3O4S. The highest BCUT2D eigenvalue weighted by molar-refractivity contribution is 7.89. The molecule has 1 heterocycles. The van der Waals surface area contributed by atoms with Gasteiger partial charge in [0.25, 0.3) is 0 Å². The molecule has 2 aromatic carbocycles. The molecule has 172 valence electrons. The molecule has 0 radical (unpaired) electrons. The van der Waals surface area contributed by atoms with Gasteiger partial charge in [0.1, 0.15) is 5.82 Å². The van der Waals surface area contributed by atoms with Crippen molar-refractivity contribution in [2.75, 3.05) is 33.2 Å². The van der Waals surface area contributed by atoms with Crippen LogP contribution in [-0.2, 0) is 26.2 Å². The van der Waals surface area contributed by atoms with E-state index in [9.17, 15) is 22.4 Å². The smallest absolute Gasteiger partial charge is 0.243 e. The summed E-state index contributed by atoms with van der Waals surface area (Å²) in [5.74, 6) is -0.775. The van der Waals surface area contributed by atoms with Gasteiger partial charge in [-0.25, -0.2) is 12.8 Å². The number of halogens is 2. The first-order valence-corrected chi connectivity index (χ1v) is 12.0. The van der Waals surface area contributed by atoms with Crippen molar-refractivity contribution in [1.29, 1.82) is 0 Å². The number of rotatable bonds is 7. The number of carbonyl (C=O) groups is 2. The minimum absolute atomic E-state index is 0.0357. The summed E-state index contributed by atoms with van der Waals surface area (Å²) in [5.41, 5.74) is 0.671. The van der Waals surface area contributed by atoms with Gasteiger partial charge in [-0.2, -0.15) is 4.31 Å². The van der Waals surface area contributed by atoms with E-state index in [2.05, 4.69) is 0 Å². The second kappa shape index (κ2) is 10.4. The Bertz CT molecular complexity index is 1070. The number of piperazine rings is 1. The van der Waals surface area contributed by atoms with Crippen molar-refractivity contribution in [2.45, 2.75) is 24.3 Å². The second-order valence-electron chi connectivity index (χ2n) is 7.62. The van der Waals surface area contributed by atoms with Crippen LogP contribution in [0, 0.1) is 5.82 Å². The second-order valence-corrected chi connectivity index (χ2v) is 9.99. The van der Waals surface area contributed by atoms with Crippen molar-refractivity contribution in [3.8, 4) is 0 Å². The Kier molecular flexibility index (Phi) is 7.86. The van der Waals surface area contributed by atoms with Crippen LogP contribution in [0.5, 0.6) is 0 Å². The maximum Gasteiger partial charge on any atom is 0.243 e. The molecule has 1 aliphatic rings. The van der Waals surface area contributed by atoms with E-state index < -0.39 is 10.0 Å². The highest BCUT2D eigenvalue weighted by Crippen LogP contribution is 2.20. The zero-order valence-electron chi connectivity index (χ0n) is 17.7. The minimum Gasteiger partial charge on any atom is -0.341 e. The fourth-order valence-corrected chi connectivity index (χ4v) is 5.04. The van der Waals surface area contributed by atoms with Gasteiger partial charge in [0.15, 0.2) is 0 Å². The van der Waals surface area contributed by atoms with E-state index >= 15 is 0 Å². The molecule has 0 bridgehead atoms. The van der Waals surface area contributed by atoms with E-state index in [1.54, 1.807) is 24.1 Å². The largest absolute Gasteiger partial charge is 0.341 e. The lowest BCUT2D eigenvalue weighted by Gasteiger charge is -2.34. The third-order valence-corrected chi connectivity index (χ3v) is 7.49. The van der Waals surface area contributed by atoms with E-state index in [-0.39, 0.29) is 68.1 Å². The molecule has 0 saturated carbocycles. The van der Waals surface area contributed by atoms with Gasteiger partial charge in [0.05, 0.1) is 4.90 Å². The first kappa shape index (κ1) is 24.2. The summed E-state index contributed by atoms with van der Waals surface area (Å²) in [5, 5.41) is 0.454. The fraction of sp³-hybridized carbons (Fsp3) is 0.364. The predicted octanol–water partition coefficient (Wildman–Crippen LogP) is 2.75. The lowest BCUT2D eigenvalue weighted by molar-refractivity contribution is -0.137. The Balaban J connectivity index is 1.47. The molecule has 2 amide bonds. The van der Waals surface area contributed by atoms with Gasteiger partial charge >= 0.3 is 0 Å². The average molecular weight is 482 g/mol. The Morgan fingerprint density at radius 1 is 1.03 bits per heavy atom. The molecule has 0 N–H and O–H groups in total. The molecule has 1 saturated heterocycles. The van der Waals surface area contributed by atoms with Gasteiger partial charge in [-0.3, -0.25) is 9.59 Å². The summed E-state index contributed by atoms with van der Waals surface area (Å²) in [6.45, 7) is 1.15. The Hall–Kier alpha value is -2.49. The maximum atomic E-state index is 13.3. The molecule has 3 rings (SSSR count). The maximum absolute atomic E-state index is 13.3. The highest BCUT2D eigenvalue weighted by Gasteiger charge is 2.30. The molecule has 1 fully saturated rings. The first-order chi connectivity index (χ1) is 15.2. The van der Waals surface area contributed by atoms with Crippen LogP contribution >= 0.6 is 11.6 Å². The number of amides is 2. The van der Waals surface area contributed by atoms with Gasteiger partial charge in [-0.15, -0.1) is 0 Å². The molecule has 0 atom stereocenters. The van der Waals surface area contributed by atoms with Gasteiger partial charge in [0, 0.05) is 57.6 Å². The zero-order chi connectivity index (χ0) is 23.3. The summed E-state index contributed by atoms with van der Waals surface area (Å²) < 4.78 is 40.1. The van der Waals surface area contributed by atoms with Crippen LogP contribution < -0.4 is 0 Å².